The van der Waals surface area contributed by atoms with E-state index in [4.69, 9.17) is 14.2 Å². The average Bonchev–Trinajstić information content (AvgIpc) is 2.89. The monoisotopic (exact) mass is 519 g/mol. The van der Waals surface area contributed by atoms with Gasteiger partial charge in [0, 0.05) is 26.2 Å². The van der Waals surface area contributed by atoms with Crippen LogP contribution in [0.25, 0.3) is 21.9 Å². The lowest BCUT2D eigenvalue weighted by Crippen LogP contribution is -2.55. The highest BCUT2D eigenvalue weighted by atomic mass is 16.5. The molecule has 0 saturated carbocycles. The average molecular weight is 520 g/mol. The Morgan fingerprint density at radius 1 is 0.816 bits per heavy atom. The number of unbranched alkanes of at least 4 members (excludes halogenated alkanes) is 1. The zero-order chi connectivity index (χ0) is 27.5. The van der Waals surface area contributed by atoms with Crippen molar-refractivity contribution in [1.29, 1.82) is 0 Å². The largest absolute Gasteiger partial charge is 0.493 e. The number of hydrogen-bond donors (Lipinski definition) is 1. The molecule has 0 fully saturated rings. The molecule has 1 N–H and O–H groups in total. The first-order valence-corrected chi connectivity index (χ1v) is 13.0. The van der Waals surface area contributed by atoms with E-state index in [-0.39, 0.29) is 19.1 Å². The van der Waals surface area contributed by atoms with Gasteiger partial charge in [0.05, 0.1) is 6.61 Å². The minimum absolute atomic E-state index is 0.0913. The number of benzene rings is 3. The molecule has 0 aromatic heterocycles. The van der Waals surface area contributed by atoms with Crippen LogP contribution in [0.5, 0.6) is 5.75 Å². The third kappa shape index (κ3) is 8.07. The fourth-order valence-electron chi connectivity index (χ4n) is 4.39. The Hall–Kier alpha value is -3.87. The lowest BCUT2D eigenvalue weighted by atomic mass is 9.91. The molecule has 0 spiro atoms. The van der Waals surface area contributed by atoms with Crippen LogP contribution in [0.2, 0.25) is 0 Å². The van der Waals surface area contributed by atoms with E-state index >= 15 is 0 Å². The molecule has 3 rings (SSSR count). The van der Waals surface area contributed by atoms with E-state index in [1.807, 2.05) is 30.3 Å². The van der Waals surface area contributed by atoms with Crippen LogP contribution in [0.3, 0.4) is 0 Å². The number of nitrogens with one attached hydrogen (secondary N) is 1. The van der Waals surface area contributed by atoms with E-state index in [9.17, 15) is 14.4 Å². The summed E-state index contributed by atoms with van der Waals surface area (Å²) in [6.45, 7) is 6.65. The van der Waals surface area contributed by atoms with Crippen LogP contribution in [0, 0.1) is 0 Å². The van der Waals surface area contributed by atoms with Gasteiger partial charge in [-0.1, -0.05) is 67.9 Å². The first-order valence-electron chi connectivity index (χ1n) is 13.0. The summed E-state index contributed by atoms with van der Waals surface area (Å²) in [5, 5.41) is 5.06. The molecule has 0 bridgehead atoms. The highest BCUT2D eigenvalue weighted by Crippen LogP contribution is 2.34. The van der Waals surface area contributed by atoms with Crippen LogP contribution < -0.4 is 10.1 Å². The summed E-state index contributed by atoms with van der Waals surface area (Å²) in [5.41, 5.74) is 2.22. The van der Waals surface area contributed by atoms with Crippen LogP contribution in [-0.2, 0) is 30.3 Å². The molecule has 0 unspecified atom stereocenters. The van der Waals surface area contributed by atoms with E-state index < -0.39 is 17.5 Å². The zero-order valence-corrected chi connectivity index (χ0v) is 22.7. The Balaban J connectivity index is 1.81. The minimum atomic E-state index is -1.02. The zero-order valence-electron chi connectivity index (χ0n) is 22.7. The van der Waals surface area contributed by atoms with Crippen molar-refractivity contribution in [2.75, 3.05) is 19.8 Å². The van der Waals surface area contributed by atoms with Gasteiger partial charge in [-0.15, -0.1) is 0 Å². The lowest BCUT2D eigenvalue weighted by molar-refractivity contribution is -0.150. The van der Waals surface area contributed by atoms with Gasteiger partial charge in [0.1, 0.15) is 24.5 Å². The summed E-state index contributed by atoms with van der Waals surface area (Å²) in [6, 6.07) is 20.6. The van der Waals surface area contributed by atoms with E-state index in [0.29, 0.717) is 19.4 Å². The summed E-state index contributed by atoms with van der Waals surface area (Å²) in [4.78, 5) is 34.9. The topological polar surface area (TPSA) is 90.9 Å². The van der Waals surface area contributed by atoms with Gasteiger partial charge >= 0.3 is 11.9 Å². The number of hydrogen-bond acceptors (Lipinski definition) is 6. The number of ether oxygens (including phenoxy) is 3. The number of amides is 1. The molecule has 0 heterocycles. The minimum Gasteiger partial charge on any atom is -0.493 e. The molecule has 0 saturated heterocycles. The summed E-state index contributed by atoms with van der Waals surface area (Å²) in [6.07, 6.45) is 3.09. The van der Waals surface area contributed by atoms with E-state index in [1.165, 1.54) is 20.8 Å². The molecular formula is C31H37NO6. The second-order valence-electron chi connectivity index (χ2n) is 9.58. The number of carbonyl (C=O) groups excluding carboxylic acids is 3. The highest BCUT2D eigenvalue weighted by molar-refractivity contribution is 5.99. The summed E-state index contributed by atoms with van der Waals surface area (Å²) < 4.78 is 16.5. The molecule has 38 heavy (non-hydrogen) atoms. The Morgan fingerprint density at radius 3 is 2.05 bits per heavy atom. The Labute approximate surface area is 224 Å². The molecule has 0 aliphatic heterocycles. The molecule has 7 heteroatoms. The standard InChI is InChI=1S/C31H37NO6/c1-5-6-19-36-30-12-8-10-28-27(9-7-11-29(28)30)26-15-13-25(14-16-26)17-18-31(32-22(2)33,20-37-23(3)34)21-38-24(4)35/h7-16H,5-6,17-21H2,1-4H3,(H,32,33). The number of aryl methyl sites for hydroxylation is 1. The van der Waals surface area contributed by atoms with Gasteiger partial charge in [-0.3, -0.25) is 14.4 Å². The first kappa shape index (κ1) is 28.7. The predicted octanol–water partition coefficient (Wildman–Crippen LogP) is 5.62. The maximum absolute atomic E-state index is 12.0. The van der Waals surface area contributed by atoms with Gasteiger partial charge in [0.2, 0.25) is 5.91 Å². The SMILES string of the molecule is CCCCOc1cccc2c(-c3ccc(CCC(COC(C)=O)(COC(C)=O)NC(C)=O)cc3)cccc12. The van der Waals surface area contributed by atoms with E-state index in [2.05, 4.69) is 42.6 Å². The predicted molar refractivity (Wildman–Crippen MR) is 148 cm³/mol. The third-order valence-electron chi connectivity index (χ3n) is 6.34. The van der Waals surface area contributed by atoms with Crippen molar-refractivity contribution in [3.8, 4) is 16.9 Å². The van der Waals surface area contributed by atoms with Crippen LogP contribution in [0.1, 0.15) is 52.5 Å². The molecule has 0 aliphatic rings. The molecule has 7 nitrogen and oxygen atoms in total. The van der Waals surface area contributed by atoms with Crippen molar-refractivity contribution in [2.24, 2.45) is 0 Å². The summed E-state index contributed by atoms with van der Waals surface area (Å²) >= 11 is 0. The smallest absolute Gasteiger partial charge is 0.302 e. The van der Waals surface area contributed by atoms with Gasteiger partial charge in [0.25, 0.3) is 0 Å². The van der Waals surface area contributed by atoms with Gasteiger partial charge in [-0.05, 0) is 47.4 Å². The summed E-state index contributed by atoms with van der Waals surface area (Å²) in [5.74, 6) is -0.347. The Morgan fingerprint density at radius 2 is 1.45 bits per heavy atom. The maximum atomic E-state index is 12.0. The molecule has 0 aliphatic carbocycles. The quantitative estimate of drug-likeness (QED) is 0.233. The van der Waals surface area contributed by atoms with Gasteiger partial charge in [-0.2, -0.15) is 0 Å². The Kier molecular flexibility index (Phi) is 10.3. The molecule has 3 aromatic rings. The van der Waals surface area contributed by atoms with Gasteiger partial charge in [0.15, 0.2) is 0 Å². The molecule has 202 valence electrons. The van der Waals surface area contributed by atoms with Crippen LogP contribution >= 0.6 is 0 Å². The van der Waals surface area contributed by atoms with Crippen molar-refractivity contribution in [2.45, 2.75) is 58.9 Å². The lowest BCUT2D eigenvalue weighted by Gasteiger charge is -2.33. The fraction of sp³-hybridized carbons (Fsp3) is 0.387. The van der Waals surface area contributed by atoms with E-state index in [0.717, 1.165) is 46.1 Å². The van der Waals surface area contributed by atoms with E-state index in [1.54, 1.807) is 0 Å². The van der Waals surface area contributed by atoms with Gasteiger partial charge in [-0.25, -0.2) is 0 Å². The highest BCUT2D eigenvalue weighted by Gasteiger charge is 2.34. The molecular weight excluding hydrogens is 482 g/mol. The van der Waals surface area contributed by atoms with Crippen LogP contribution in [-0.4, -0.2) is 43.2 Å². The molecule has 0 radical (unpaired) electrons. The second-order valence-corrected chi connectivity index (χ2v) is 9.58. The second kappa shape index (κ2) is 13.6. The normalized spacial score (nSPS) is 11.2. The number of rotatable bonds is 13. The molecule has 0 atom stereocenters. The number of carbonyl (C=O) groups is 3. The van der Waals surface area contributed by atoms with Crippen LogP contribution in [0.15, 0.2) is 60.7 Å². The molecule has 3 aromatic carbocycles. The van der Waals surface area contributed by atoms with Crippen molar-refractivity contribution >= 4 is 28.6 Å². The third-order valence-corrected chi connectivity index (χ3v) is 6.34. The van der Waals surface area contributed by atoms with Crippen molar-refractivity contribution in [3.63, 3.8) is 0 Å². The van der Waals surface area contributed by atoms with Crippen molar-refractivity contribution in [3.05, 3.63) is 66.2 Å². The molecule has 1 amide bonds. The van der Waals surface area contributed by atoms with Crippen LogP contribution in [0.4, 0.5) is 0 Å². The van der Waals surface area contributed by atoms with Crippen molar-refractivity contribution in [1.82, 2.24) is 5.32 Å². The first-order chi connectivity index (χ1) is 18.2. The Bertz CT molecular complexity index is 1230. The number of fused-ring (bicyclic) bond motifs is 1. The van der Waals surface area contributed by atoms with Crippen molar-refractivity contribution < 1.29 is 28.6 Å². The fourth-order valence-corrected chi connectivity index (χ4v) is 4.39. The summed E-state index contributed by atoms with van der Waals surface area (Å²) in [7, 11) is 0. The maximum Gasteiger partial charge on any atom is 0.302 e. The van der Waals surface area contributed by atoms with Gasteiger partial charge < -0.3 is 19.5 Å². The number of esters is 2.